The van der Waals surface area contributed by atoms with Gasteiger partial charge in [-0.25, -0.2) is 14.4 Å². The van der Waals surface area contributed by atoms with Crippen LogP contribution in [-0.2, 0) is 11.2 Å². The van der Waals surface area contributed by atoms with Crippen LogP contribution in [-0.4, -0.2) is 49.3 Å². The van der Waals surface area contributed by atoms with Crippen molar-refractivity contribution in [2.24, 2.45) is 0 Å². The Hall–Kier alpha value is -3.62. The minimum Gasteiger partial charge on any atom is -0.481 e. The summed E-state index contributed by atoms with van der Waals surface area (Å²) in [6.45, 7) is 1.49. The lowest BCUT2D eigenvalue weighted by Gasteiger charge is -2.10. The Balaban J connectivity index is 0.000000324. The number of carboxylic acid groups (broad SMARTS) is 4. The molecule has 2 rings (SSSR count). The van der Waals surface area contributed by atoms with Gasteiger partial charge in [-0.3, -0.25) is 4.79 Å². The molecule has 0 atom stereocenters. The van der Waals surface area contributed by atoms with Crippen molar-refractivity contribution < 1.29 is 39.6 Å². The number of benzene rings is 1. The Morgan fingerprint density at radius 1 is 0.920 bits per heavy atom. The predicted octanol–water partition coefficient (Wildman–Crippen LogP) is 1.73. The van der Waals surface area contributed by atoms with Crippen molar-refractivity contribution in [3.8, 4) is 0 Å². The number of aromatic nitrogens is 1. The number of rotatable bonds is 5. The number of aromatic amines is 1. The molecule has 9 nitrogen and oxygen atoms in total. The van der Waals surface area contributed by atoms with Crippen molar-refractivity contribution in [1.29, 1.82) is 0 Å². The average Bonchev–Trinajstić information content (AvgIpc) is 3.01. The number of carboxylic acids is 4. The first-order valence-electron chi connectivity index (χ1n) is 6.82. The molecule has 0 spiro atoms. The van der Waals surface area contributed by atoms with E-state index in [-0.39, 0.29) is 16.7 Å². The molecule has 1 aromatic carbocycles. The van der Waals surface area contributed by atoms with E-state index in [1.165, 1.54) is 31.3 Å². The SMILES string of the molecule is Cc1ccc(C(=O)O)c(CC(=O)O)c1C(=O)O.O=C(O)c1cc[nH]c1. The molecule has 2 aromatic rings. The van der Waals surface area contributed by atoms with Crippen LogP contribution in [0, 0.1) is 6.92 Å². The number of carbonyl (C=O) groups is 4. The summed E-state index contributed by atoms with van der Waals surface area (Å²) in [5, 5.41) is 34.8. The molecular formula is C16H15NO8. The monoisotopic (exact) mass is 349 g/mol. The van der Waals surface area contributed by atoms with E-state index in [0.29, 0.717) is 11.1 Å². The lowest BCUT2D eigenvalue weighted by molar-refractivity contribution is -0.136. The second kappa shape index (κ2) is 8.29. The predicted molar refractivity (Wildman–Crippen MR) is 84.2 cm³/mol. The molecule has 0 radical (unpaired) electrons. The van der Waals surface area contributed by atoms with Crippen molar-refractivity contribution in [1.82, 2.24) is 4.98 Å². The zero-order valence-corrected chi connectivity index (χ0v) is 13.0. The molecule has 0 saturated carbocycles. The van der Waals surface area contributed by atoms with E-state index in [9.17, 15) is 19.2 Å². The third-order valence-corrected chi connectivity index (χ3v) is 3.14. The fraction of sp³-hybridized carbons (Fsp3) is 0.125. The van der Waals surface area contributed by atoms with Gasteiger partial charge in [0.1, 0.15) is 0 Å². The van der Waals surface area contributed by atoms with Crippen LogP contribution in [0.5, 0.6) is 0 Å². The van der Waals surface area contributed by atoms with E-state index in [0.717, 1.165) is 0 Å². The summed E-state index contributed by atoms with van der Waals surface area (Å²) in [6.07, 6.45) is 2.37. The highest BCUT2D eigenvalue weighted by Crippen LogP contribution is 2.20. The molecule has 5 N–H and O–H groups in total. The minimum atomic E-state index is -1.34. The zero-order valence-electron chi connectivity index (χ0n) is 13.0. The molecule has 0 amide bonds. The summed E-state index contributed by atoms with van der Waals surface area (Å²) in [7, 11) is 0. The fourth-order valence-electron chi connectivity index (χ4n) is 2.05. The zero-order chi connectivity index (χ0) is 19.1. The Bertz CT molecular complexity index is 808. The van der Waals surface area contributed by atoms with E-state index in [1.807, 2.05) is 0 Å². The highest BCUT2D eigenvalue weighted by atomic mass is 16.4. The van der Waals surface area contributed by atoms with Crippen molar-refractivity contribution >= 4 is 23.9 Å². The van der Waals surface area contributed by atoms with Crippen LogP contribution in [0.15, 0.2) is 30.6 Å². The molecule has 1 heterocycles. The molecule has 0 aliphatic heterocycles. The van der Waals surface area contributed by atoms with Crippen molar-refractivity contribution in [2.45, 2.75) is 13.3 Å². The van der Waals surface area contributed by atoms with Gasteiger partial charge in [0.15, 0.2) is 0 Å². The number of hydrogen-bond acceptors (Lipinski definition) is 4. The Kier molecular flexibility index (Phi) is 6.44. The van der Waals surface area contributed by atoms with E-state index < -0.39 is 30.3 Å². The van der Waals surface area contributed by atoms with Gasteiger partial charge in [-0.2, -0.15) is 0 Å². The summed E-state index contributed by atoms with van der Waals surface area (Å²) >= 11 is 0. The molecule has 0 bridgehead atoms. The Morgan fingerprint density at radius 3 is 1.92 bits per heavy atom. The Labute approximate surface area is 141 Å². The van der Waals surface area contributed by atoms with Crippen LogP contribution in [0.3, 0.4) is 0 Å². The van der Waals surface area contributed by atoms with Crippen LogP contribution < -0.4 is 0 Å². The highest BCUT2D eigenvalue weighted by Gasteiger charge is 2.22. The molecule has 0 fully saturated rings. The van der Waals surface area contributed by atoms with Gasteiger partial charge in [0, 0.05) is 12.4 Å². The largest absolute Gasteiger partial charge is 0.481 e. The maximum atomic E-state index is 11.0. The van der Waals surface area contributed by atoms with E-state index >= 15 is 0 Å². The second-order valence-electron chi connectivity index (χ2n) is 4.87. The van der Waals surface area contributed by atoms with Gasteiger partial charge in [0.05, 0.1) is 23.1 Å². The smallest absolute Gasteiger partial charge is 0.337 e. The van der Waals surface area contributed by atoms with Crippen LogP contribution >= 0.6 is 0 Å². The minimum absolute atomic E-state index is 0.183. The van der Waals surface area contributed by atoms with E-state index in [4.69, 9.17) is 20.4 Å². The molecule has 9 heteroatoms. The first-order chi connectivity index (χ1) is 11.6. The molecule has 0 saturated heterocycles. The molecule has 0 unspecified atom stereocenters. The molecule has 0 aliphatic carbocycles. The van der Waals surface area contributed by atoms with Crippen molar-refractivity contribution in [3.05, 3.63) is 58.4 Å². The maximum Gasteiger partial charge on any atom is 0.337 e. The number of aromatic carboxylic acids is 3. The number of nitrogens with one attached hydrogen (secondary N) is 1. The summed E-state index contributed by atoms with van der Waals surface area (Å²) in [5.41, 5.74) is -0.107. The van der Waals surface area contributed by atoms with Crippen LogP contribution in [0.25, 0.3) is 0 Å². The standard InChI is InChI=1S/C11H10O6.C5H5NO2/c1-5-2-3-6(10(14)15)7(4-8(12)13)9(5)11(16)17;7-5(8)4-1-2-6-3-4/h2-3H,4H2,1H3,(H,12,13)(H,14,15)(H,16,17);1-3,6H,(H,7,8). The van der Waals surface area contributed by atoms with E-state index in [2.05, 4.69) is 4.98 Å². The summed E-state index contributed by atoms with van der Waals surface area (Å²) in [4.78, 5) is 45.2. The number of H-pyrrole nitrogens is 1. The van der Waals surface area contributed by atoms with Gasteiger partial charge in [-0.15, -0.1) is 0 Å². The fourth-order valence-corrected chi connectivity index (χ4v) is 2.05. The molecule has 1 aromatic heterocycles. The molecule has 25 heavy (non-hydrogen) atoms. The third-order valence-electron chi connectivity index (χ3n) is 3.14. The van der Waals surface area contributed by atoms with Gasteiger partial charge in [-0.05, 0) is 30.2 Å². The molecule has 0 aliphatic rings. The van der Waals surface area contributed by atoms with Crippen LogP contribution in [0.4, 0.5) is 0 Å². The topological polar surface area (TPSA) is 165 Å². The van der Waals surface area contributed by atoms with Gasteiger partial charge in [0.25, 0.3) is 0 Å². The summed E-state index contributed by atoms with van der Waals surface area (Å²) in [6, 6.07) is 4.06. The first kappa shape index (κ1) is 19.4. The third kappa shape index (κ3) is 5.20. The number of aliphatic carboxylic acids is 1. The van der Waals surface area contributed by atoms with Crippen molar-refractivity contribution in [2.75, 3.05) is 0 Å². The van der Waals surface area contributed by atoms with Crippen molar-refractivity contribution in [3.63, 3.8) is 0 Å². The highest BCUT2D eigenvalue weighted by molar-refractivity contribution is 5.99. The van der Waals surface area contributed by atoms with Gasteiger partial charge in [-0.1, -0.05) is 6.07 Å². The molecule has 132 valence electrons. The van der Waals surface area contributed by atoms with Gasteiger partial charge in [0.2, 0.25) is 0 Å². The molecular weight excluding hydrogens is 334 g/mol. The van der Waals surface area contributed by atoms with Crippen LogP contribution in [0.1, 0.15) is 42.2 Å². The Morgan fingerprint density at radius 2 is 1.56 bits per heavy atom. The number of hydrogen-bond donors (Lipinski definition) is 5. The summed E-state index contributed by atoms with van der Waals surface area (Å²) in [5.74, 6) is -4.85. The first-order valence-corrected chi connectivity index (χ1v) is 6.82. The average molecular weight is 349 g/mol. The van der Waals surface area contributed by atoms with E-state index in [1.54, 1.807) is 6.20 Å². The quantitative estimate of drug-likeness (QED) is 0.544. The lowest BCUT2D eigenvalue weighted by Crippen LogP contribution is -2.15. The number of aryl methyl sites for hydroxylation is 1. The van der Waals surface area contributed by atoms with Gasteiger partial charge < -0.3 is 25.4 Å². The second-order valence-corrected chi connectivity index (χ2v) is 4.87. The lowest BCUT2D eigenvalue weighted by atomic mass is 9.94. The summed E-state index contributed by atoms with van der Waals surface area (Å²) < 4.78 is 0. The maximum absolute atomic E-state index is 11.0. The van der Waals surface area contributed by atoms with Crippen LogP contribution in [0.2, 0.25) is 0 Å². The van der Waals surface area contributed by atoms with Gasteiger partial charge >= 0.3 is 23.9 Å². The normalized spacial score (nSPS) is 9.64.